The van der Waals surface area contributed by atoms with E-state index in [0.29, 0.717) is 11.4 Å². The van der Waals surface area contributed by atoms with Crippen molar-refractivity contribution in [1.29, 1.82) is 0 Å². The lowest BCUT2D eigenvalue weighted by atomic mass is 9.96. The zero-order chi connectivity index (χ0) is 10.2. The van der Waals surface area contributed by atoms with Crippen LogP contribution in [0.4, 0.5) is 0 Å². The zero-order valence-electron chi connectivity index (χ0n) is 8.20. The van der Waals surface area contributed by atoms with Gasteiger partial charge in [0.15, 0.2) is 0 Å². The summed E-state index contributed by atoms with van der Waals surface area (Å²) in [5, 5.41) is 10.6. The molecule has 1 fully saturated rings. The van der Waals surface area contributed by atoms with E-state index in [2.05, 4.69) is 11.9 Å². The van der Waals surface area contributed by atoms with Crippen molar-refractivity contribution >= 4 is 11.6 Å². The van der Waals surface area contributed by atoms with Crippen LogP contribution < -0.4 is 0 Å². The van der Waals surface area contributed by atoms with Gasteiger partial charge < -0.3 is 5.11 Å². The third-order valence-electron chi connectivity index (χ3n) is 3.11. The summed E-state index contributed by atoms with van der Waals surface area (Å²) in [6.07, 6.45) is 5.94. The molecule has 0 aromatic carbocycles. The molecule has 76 valence electrons. The Morgan fingerprint density at radius 3 is 2.93 bits per heavy atom. The van der Waals surface area contributed by atoms with E-state index in [-0.39, 0.29) is 11.5 Å². The third kappa shape index (κ3) is 1.91. The maximum Gasteiger partial charge on any atom is 0.0634 e. The highest BCUT2D eigenvalue weighted by atomic mass is 35.5. The summed E-state index contributed by atoms with van der Waals surface area (Å²) >= 11 is 5.97. The van der Waals surface area contributed by atoms with Crippen LogP contribution in [0.3, 0.4) is 0 Å². The minimum absolute atomic E-state index is 0.132. The molecule has 1 aromatic heterocycles. The molecule has 0 amide bonds. The van der Waals surface area contributed by atoms with Crippen molar-refractivity contribution < 1.29 is 5.11 Å². The summed E-state index contributed by atoms with van der Waals surface area (Å²) in [6.45, 7) is 2.12. The monoisotopic (exact) mass is 211 g/mol. The normalized spacial score (nSPS) is 20.5. The quantitative estimate of drug-likeness (QED) is 0.833. The van der Waals surface area contributed by atoms with E-state index >= 15 is 0 Å². The van der Waals surface area contributed by atoms with Gasteiger partial charge in [0, 0.05) is 18.8 Å². The van der Waals surface area contributed by atoms with Crippen LogP contribution in [0.25, 0.3) is 0 Å². The molecule has 0 radical (unpaired) electrons. The fourth-order valence-corrected chi connectivity index (χ4v) is 1.75. The topological polar surface area (TPSA) is 33.1 Å². The predicted octanol–water partition coefficient (Wildman–Crippen LogP) is 2.44. The van der Waals surface area contributed by atoms with E-state index in [4.69, 9.17) is 11.6 Å². The number of halogens is 1. The van der Waals surface area contributed by atoms with Crippen molar-refractivity contribution in [3.8, 4) is 0 Å². The van der Waals surface area contributed by atoms with Crippen LogP contribution in [0.5, 0.6) is 0 Å². The molecular formula is C11H14ClNO. The Bertz CT molecular complexity index is 336. The number of aliphatic hydroxyl groups is 1. The van der Waals surface area contributed by atoms with E-state index in [1.54, 1.807) is 12.4 Å². The van der Waals surface area contributed by atoms with Crippen LogP contribution in [0.1, 0.15) is 25.3 Å². The smallest absolute Gasteiger partial charge is 0.0634 e. The molecule has 0 aliphatic heterocycles. The van der Waals surface area contributed by atoms with Crippen molar-refractivity contribution in [1.82, 2.24) is 4.98 Å². The van der Waals surface area contributed by atoms with Crippen LogP contribution in [0.2, 0.25) is 5.02 Å². The first-order chi connectivity index (χ1) is 6.62. The SMILES string of the molecule is CC1(C(O)Cc2ccncc2Cl)CC1. The van der Waals surface area contributed by atoms with Gasteiger partial charge in [-0.05, 0) is 29.9 Å². The van der Waals surface area contributed by atoms with E-state index in [9.17, 15) is 5.11 Å². The highest BCUT2D eigenvalue weighted by Gasteiger charge is 2.43. The molecule has 1 aliphatic rings. The summed E-state index contributed by atoms with van der Waals surface area (Å²) in [7, 11) is 0. The van der Waals surface area contributed by atoms with Crippen LogP contribution in [-0.4, -0.2) is 16.2 Å². The fourth-order valence-electron chi connectivity index (χ4n) is 1.55. The Kier molecular flexibility index (Phi) is 2.50. The Labute approximate surface area is 88.9 Å². The molecule has 0 saturated heterocycles. The minimum Gasteiger partial charge on any atom is -0.392 e. The number of hydrogen-bond acceptors (Lipinski definition) is 2. The second-order valence-electron chi connectivity index (χ2n) is 4.34. The van der Waals surface area contributed by atoms with Gasteiger partial charge in [-0.15, -0.1) is 0 Å². The van der Waals surface area contributed by atoms with E-state index in [0.717, 1.165) is 18.4 Å². The minimum atomic E-state index is -0.276. The van der Waals surface area contributed by atoms with Gasteiger partial charge in [-0.3, -0.25) is 4.98 Å². The average molecular weight is 212 g/mol. The van der Waals surface area contributed by atoms with Crippen molar-refractivity contribution in [2.75, 3.05) is 0 Å². The molecule has 0 spiro atoms. The average Bonchev–Trinajstić information content (AvgIpc) is 2.89. The number of aliphatic hydroxyl groups excluding tert-OH is 1. The van der Waals surface area contributed by atoms with Crippen LogP contribution >= 0.6 is 11.6 Å². The molecular weight excluding hydrogens is 198 g/mol. The first kappa shape index (κ1) is 9.94. The molecule has 1 heterocycles. The Balaban J connectivity index is 2.07. The highest BCUT2D eigenvalue weighted by Crippen LogP contribution is 2.49. The van der Waals surface area contributed by atoms with Crippen LogP contribution in [0.15, 0.2) is 18.5 Å². The Morgan fingerprint density at radius 2 is 2.36 bits per heavy atom. The van der Waals surface area contributed by atoms with Crippen molar-refractivity contribution in [2.24, 2.45) is 5.41 Å². The maximum absolute atomic E-state index is 9.95. The lowest BCUT2D eigenvalue weighted by Gasteiger charge is -2.17. The molecule has 14 heavy (non-hydrogen) atoms. The van der Waals surface area contributed by atoms with Gasteiger partial charge in [-0.2, -0.15) is 0 Å². The molecule has 3 heteroatoms. The van der Waals surface area contributed by atoms with E-state index < -0.39 is 0 Å². The second kappa shape index (κ2) is 3.52. The van der Waals surface area contributed by atoms with E-state index in [1.807, 2.05) is 6.07 Å². The lowest BCUT2D eigenvalue weighted by molar-refractivity contribution is 0.103. The zero-order valence-corrected chi connectivity index (χ0v) is 8.96. The summed E-state index contributed by atoms with van der Waals surface area (Å²) in [5.41, 5.74) is 1.12. The van der Waals surface area contributed by atoms with Crippen molar-refractivity contribution in [3.05, 3.63) is 29.0 Å². The first-order valence-electron chi connectivity index (χ1n) is 4.88. The van der Waals surface area contributed by atoms with Gasteiger partial charge in [0.25, 0.3) is 0 Å². The maximum atomic E-state index is 9.95. The predicted molar refractivity (Wildman–Crippen MR) is 56.3 cm³/mol. The van der Waals surface area contributed by atoms with Crippen LogP contribution in [-0.2, 0) is 6.42 Å². The summed E-state index contributed by atoms with van der Waals surface area (Å²) in [6, 6.07) is 1.87. The standard InChI is InChI=1S/C11H14ClNO/c1-11(3-4-11)10(14)6-8-2-5-13-7-9(8)12/h2,5,7,10,14H,3-4,6H2,1H3. The molecule has 1 aromatic rings. The fraction of sp³-hybridized carbons (Fsp3) is 0.545. The van der Waals surface area contributed by atoms with Crippen molar-refractivity contribution in [2.45, 2.75) is 32.3 Å². The highest BCUT2D eigenvalue weighted by molar-refractivity contribution is 6.31. The van der Waals surface area contributed by atoms with Gasteiger partial charge >= 0.3 is 0 Å². The summed E-state index contributed by atoms with van der Waals surface area (Å²) < 4.78 is 0. The summed E-state index contributed by atoms with van der Waals surface area (Å²) in [4.78, 5) is 3.92. The lowest BCUT2D eigenvalue weighted by Crippen LogP contribution is -2.21. The first-order valence-corrected chi connectivity index (χ1v) is 5.26. The number of aromatic nitrogens is 1. The number of hydrogen-bond donors (Lipinski definition) is 1. The number of pyridine rings is 1. The number of rotatable bonds is 3. The van der Waals surface area contributed by atoms with Gasteiger partial charge in [-0.25, -0.2) is 0 Å². The van der Waals surface area contributed by atoms with E-state index in [1.165, 1.54) is 0 Å². The Morgan fingerprint density at radius 1 is 1.64 bits per heavy atom. The van der Waals surface area contributed by atoms with Crippen molar-refractivity contribution in [3.63, 3.8) is 0 Å². The second-order valence-corrected chi connectivity index (χ2v) is 4.75. The molecule has 2 rings (SSSR count). The molecule has 1 saturated carbocycles. The number of nitrogens with zero attached hydrogens (tertiary/aromatic N) is 1. The molecule has 1 unspecified atom stereocenters. The van der Waals surface area contributed by atoms with Gasteiger partial charge in [0.1, 0.15) is 0 Å². The molecule has 1 aliphatic carbocycles. The van der Waals surface area contributed by atoms with Crippen LogP contribution in [0, 0.1) is 5.41 Å². The Hall–Kier alpha value is -0.600. The molecule has 1 N–H and O–H groups in total. The third-order valence-corrected chi connectivity index (χ3v) is 3.45. The molecule has 1 atom stereocenters. The van der Waals surface area contributed by atoms with Gasteiger partial charge in [0.05, 0.1) is 11.1 Å². The van der Waals surface area contributed by atoms with Gasteiger partial charge in [0.2, 0.25) is 0 Å². The molecule has 0 bridgehead atoms. The largest absolute Gasteiger partial charge is 0.392 e. The van der Waals surface area contributed by atoms with Gasteiger partial charge in [-0.1, -0.05) is 18.5 Å². The molecule has 2 nitrogen and oxygen atoms in total. The summed E-state index contributed by atoms with van der Waals surface area (Å²) in [5.74, 6) is 0.